The van der Waals surface area contributed by atoms with Crippen molar-refractivity contribution in [1.82, 2.24) is 5.32 Å². The fourth-order valence-electron chi connectivity index (χ4n) is 2.65. The number of carbonyl (C=O) groups excluding carboxylic acids is 2. The Bertz CT molecular complexity index is 942. The predicted molar refractivity (Wildman–Crippen MR) is 105 cm³/mol. The van der Waals surface area contributed by atoms with Crippen LogP contribution in [0.3, 0.4) is 0 Å². The van der Waals surface area contributed by atoms with Gasteiger partial charge < -0.3 is 14.8 Å². The minimum Gasteiger partial charge on any atom is -0.493 e. The third kappa shape index (κ3) is 4.75. The van der Waals surface area contributed by atoms with Crippen LogP contribution in [0.4, 0.5) is 4.39 Å². The van der Waals surface area contributed by atoms with Crippen molar-refractivity contribution in [3.05, 3.63) is 81.8 Å². The molecule has 1 heterocycles. The number of carbonyl (C=O) groups is 2. The summed E-state index contributed by atoms with van der Waals surface area (Å²) < 4.78 is 24.0. The molecule has 0 saturated carbocycles. The maximum atomic E-state index is 13.3. The van der Waals surface area contributed by atoms with Gasteiger partial charge >= 0.3 is 0 Å². The fourth-order valence-corrected chi connectivity index (χ4v) is 3.45. The molecule has 2 aromatic carbocycles. The SMILES string of the molecule is COc1cc(C=O)ccc1OCC(=O)NC(c1ccc(F)cc1)c1cccs1. The van der Waals surface area contributed by atoms with E-state index in [0.29, 0.717) is 23.3 Å². The van der Waals surface area contributed by atoms with Crippen LogP contribution >= 0.6 is 11.3 Å². The molecule has 28 heavy (non-hydrogen) atoms. The van der Waals surface area contributed by atoms with Crippen molar-refractivity contribution in [3.63, 3.8) is 0 Å². The Kier molecular flexibility index (Phi) is 6.39. The van der Waals surface area contributed by atoms with Crippen LogP contribution in [0.2, 0.25) is 0 Å². The van der Waals surface area contributed by atoms with Crippen LogP contribution in [0.5, 0.6) is 11.5 Å². The Hall–Kier alpha value is -3.19. The van der Waals surface area contributed by atoms with Crippen molar-refractivity contribution in [2.24, 2.45) is 0 Å². The maximum absolute atomic E-state index is 13.3. The molecule has 0 aliphatic carbocycles. The highest BCUT2D eigenvalue weighted by atomic mass is 32.1. The summed E-state index contributed by atoms with van der Waals surface area (Å²) in [6, 6.07) is 14.1. The largest absolute Gasteiger partial charge is 0.493 e. The molecule has 1 atom stereocenters. The van der Waals surface area contributed by atoms with Gasteiger partial charge in [-0.2, -0.15) is 0 Å². The predicted octanol–water partition coefficient (Wildman–Crippen LogP) is 3.99. The highest BCUT2D eigenvalue weighted by Gasteiger charge is 2.19. The molecule has 0 bridgehead atoms. The third-order valence-corrected chi connectivity index (χ3v) is 4.96. The van der Waals surface area contributed by atoms with E-state index >= 15 is 0 Å². The molecule has 3 rings (SSSR count). The second-order valence-electron chi connectivity index (χ2n) is 5.88. The molecule has 0 saturated heterocycles. The van der Waals surface area contributed by atoms with E-state index in [-0.39, 0.29) is 18.3 Å². The first-order valence-corrected chi connectivity index (χ1v) is 9.33. The summed E-state index contributed by atoms with van der Waals surface area (Å²) in [5, 5.41) is 4.82. The van der Waals surface area contributed by atoms with Gasteiger partial charge in [0.25, 0.3) is 5.91 Å². The Morgan fingerprint density at radius 1 is 1.18 bits per heavy atom. The topological polar surface area (TPSA) is 64.6 Å². The quantitative estimate of drug-likeness (QED) is 0.582. The Balaban J connectivity index is 1.71. The minimum atomic E-state index is -0.406. The standard InChI is InChI=1S/C21H18FNO4S/c1-26-18-11-14(12-24)4-9-17(18)27-13-20(25)23-21(19-3-2-10-28-19)15-5-7-16(22)8-6-15/h2-12,21H,13H2,1H3,(H,23,25). The monoisotopic (exact) mass is 399 g/mol. The lowest BCUT2D eigenvalue weighted by Crippen LogP contribution is -2.33. The van der Waals surface area contributed by atoms with Crippen LogP contribution in [-0.4, -0.2) is 25.9 Å². The van der Waals surface area contributed by atoms with Crippen LogP contribution in [0.1, 0.15) is 26.8 Å². The Labute approximate surface area is 165 Å². The third-order valence-electron chi connectivity index (χ3n) is 4.02. The number of halogens is 1. The van der Waals surface area contributed by atoms with Crippen molar-refractivity contribution in [3.8, 4) is 11.5 Å². The van der Waals surface area contributed by atoms with Gasteiger partial charge in [0.2, 0.25) is 0 Å². The average Bonchev–Trinajstić information content (AvgIpc) is 3.25. The van der Waals surface area contributed by atoms with Crippen molar-refractivity contribution in [1.29, 1.82) is 0 Å². The molecule has 5 nitrogen and oxygen atoms in total. The molecule has 0 aliphatic rings. The van der Waals surface area contributed by atoms with Gasteiger partial charge in [-0.1, -0.05) is 18.2 Å². The van der Waals surface area contributed by atoms with Crippen molar-refractivity contribution < 1.29 is 23.5 Å². The maximum Gasteiger partial charge on any atom is 0.258 e. The zero-order chi connectivity index (χ0) is 19.9. The second kappa shape index (κ2) is 9.14. The van der Waals surface area contributed by atoms with E-state index in [0.717, 1.165) is 10.4 Å². The van der Waals surface area contributed by atoms with E-state index in [9.17, 15) is 14.0 Å². The number of aldehydes is 1. The zero-order valence-electron chi connectivity index (χ0n) is 15.1. The highest BCUT2D eigenvalue weighted by Crippen LogP contribution is 2.28. The lowest BCUT2D eigenvalue weighted by molar-refractivity contribution is -0.123. The molecule has 1 amide bonds. The number of methoxy groups -OCH3 is 1. The van der Waals surface area contributed by atoms with Crippen molar-refractivity contribution in [2.75, 3.05) is 13.7 Å². The molecule has 0 spiro atoms. The van der Waals surface area contributed by atoms with Gasteiger partial charge in [-0.15, -0.1) is 11.3 Å². The van der Waals surface area contributed by atoms with Gasteiger partial charge in [0.15, 0.2) is 18.1 Å². The second-order valence-corrected chi connectivity index (χ2v) is 6.86. The molecule has 144 valence electrons. The van der Waals surface area contributed by atoms with E-state index in [1.54, 1.807) is 24.3 Å². The number of hydrogen-bond donors (Lipinski definition) is 1. The molecule has 0 fully saturated rings. The highest BCUT2D eigenvalue weighted by molar-refractivity contribution is 7.10. The fraction of sp³-hybridized carbons (Fsp3) is 0.143. The van der Waals surface area contributed by atoms with E-state index in [1.807, 2.05) is 17.5 Å². The van der Waals surface area contributed by atoms with Crippen LogP contribution in [0.25, 0.3) is 0 Å². The molecule has 0 aliphatic heterocycles. The number of ether oxygens (including phenoxy) is 2. The van der Waals surface area contributed by atoms with E-state index < -0.39 is 6.04 Å². The van der Waals surface area contributed by atoms with Crippen LogP contribution in [0.15, 0.2) is 60.0 Å². The summed E-state index contributed by atoms with van der Waals surface area (Å²) in [7, 11) is 1.46. The molecule has 3 aromatic rings. The first kappa shape index (κ1) is 19.6. The van der Waals surface area contributed by atoms with Crippen molar-refractivity contribution in [2.45, 2.75) is 6.04 Å². The summed E-state index contributed by atoms with van der Waals surface area (Å²) in [5.74, 6) is 0.0434. The summed E-state index contributed by atoms with van der Waals surface area (Å²) in [6.07, 6.45) is 0.702. The van der Waals surface area contributed by atoms with Gasteiger partial charge in [-0.25, -0.2) is 4.39 Å². The van der Waals surface area contributed by atoms with Gasteiger partial charge in [0, 0.05) is 10.4 Å². The Morgan fingerprint density at radius 3 is 2.61 bits per heavy atom. The number of benzene rings is 2. The molecule has 0 radical (unpaired) electrons. The number of rotatable bonds is 8. The normalized spacial score (nSPS) is 11.5. The lowest BCUT2D eigenvalue weighted by atomic mass is 10.1. The van der Waals surface area contributed by atoms with Gasteiger partial charge in [-0.3, -0.25) is 9.59 Å². The molecule has 7 heteroatoms. The number of hydrogen-bond acceptors (Lipinski definition) is 5. The summed E-state index contributed by atoms with van der Waals surface area (Å²) in [4.78, 5) is 24.3. The van der Waals surface area contributed by atoms with E-state index in [4.69, 9.17) is 9.47 Å². The van der Waals surface area contributed by atoms with Crippen LogP contribution < -0.4 is 14.8 Å². The summed E-state index contributed by atoms with van der Waals surface area (Å²) >= 11 is 1.49. The number of thiophene rings is 1. The van der Waals surface area contributed by atoms with E-state index in [1.165, 1.54) is 36.6 Å². The van der Waals surface area contributed by atoms with E-state index in [2.05, 4.69) is 5.32 Å². The molecular weight excluding hydrogens is 381 g/mol. The number of nitrogens with one attached hydrogen (secondary N) is 1. The molecule has 1 aromatic heterocycles. The van der Waals surface area contributed by atoms with Gasteiger partial charge in [-0.05, 0) is 47.3 Å². The molecule has 1 N–H and O–H groups in total. The number of amides is 1. The lowest BCUT2D eigenvalue weighted by Gasteiger charge is -2.19. The van der Waals surface area contributed by atoms with Crippen LogP contribution in [0, 0.1) is 5.82 Å². The van der Waals surface area contributed by atoms with Gasteiger partial charge in [0.05, 0.1) is 13.2 Å². The zero-order valence-corrected chi connectivity index (χ0v) is 15.9. The first-order chi connectivity index (χ1) is 13.6. The smallest absolute Gasteiger partial charge is 0.258 e. The average molecular weight is 399 g/mol. The summed E-state index contributed by atoms with van der Waals surface area (Å²) in [6.45, 7) is -0.236. The Morgan fingerprint density at radius 2 is 1.96 bits per heavy atom. The van der Waals surface area contributed by atoms with Crippen LogP contribution in [-0.2, 0) is 4.79 Å². The summed E-state index contributed by atoms with van der Waals surface area (Å²) in [5.41, 5.74) is 1.22. The minimum absolute atomic E-state index is 0.236. The molecular formula is C21H18FNO4S. The van der Waals surface area contributed by atoms with Gasteiger partial charge in [0.1, 0.15) is 12.1 Å². The first-order valence-electron chi connectivity index (χ1n) is 8.45. The van der Waals surface area contributed by atoms with Crippen molar-refractivity contribution >= 4 is 23.5 Å². The molecule has 1 unspecified atom stereocenters.